The lowest BCUT2D eigenvalue weighted by Crippen LogP contribution is -2.17. The molecule has 0 atom stereocenters. The zero-order valence-corrected chi connectivity index (χ0v) is 13.6. The van der Waals surface area contributed by atoms with Crippen LogP contribution >= 0.6 is 0 Å². The first-order chi connectivity index (χ1) is 12.2. The summed E-state index contributed by atoms with van der Waals surface area (Å²) in [6.45, 7) is 0. The zero-order chi connectivity index (χ0) is 17.6. The number of hydrogen-bond donors (Lipinski definition) is 2. The van der Waals surface area contributed by atoms with Crippen molar-refractivity contribution in [2.24, 2.45) is 0 Å². The molecule has 0 fully saturated rings. The lowest BCUT2D eigenvalue weighted by atomic mass is 10.2. The molecule has 3 rings (SSSR count). The van der Waals surface area contributed by atoms with Crippen molar-refractivity contribution in [1.82, 2.24) is 5.16 Å². The molecule has 7 heteroatoms. The zero-order valence-electron chi connectivity index (χ0n) is 13.6. The Kier molecular flexibility index (Phi) is 4.94. The Morgan fingerprint density at radius 3 is 2.40 bits per heavy atom. The molecule has 0 bridgehead atoms. The predicted molar refractivity (Wildman–Crippen MR) is 93.5 cm³/mol. The van der Waals surface area contributed by atoms with Gasteiger partial charge in [-0.3, -0.25) is 9.59 Å². The van der Waals surface area contributed by atoms with Crippen molar-refractivity contribution in [3.05, 3.63) is 48.5 Å². The van der Waals surface area contributed by atoms with Gasteiger partial charge in [-0.2, -0.15) is 0 Å². The van der Waals surface area contributed by atoms with Gasteiger partial charge in [-0.25, -0.2) is 0 Å². The number of nitrogens with zero attached hydrogens (tertiary/aromatic N) is 1. The van der Waals surface area contributed by atoms with Crippen molar-refractivity contribution in [1.29, 1.82) is 0 Å². The van der Waals surface area contributed by atoms with Gasteiger partial charge in [-0.1, -0.05) is 17.3 Å². The van der Waals surface area contributed by atoms with E-state index in [1.54, 1.807) is 43.5 Å². The van der Waals surface area contributed by atoms with Crippen LogP contribution in [0, 0.1) is 0 Å². The molecule has 0 unspecified atom stereocenters. The van der Waals surface area contributed by atoms with E-state index in [9.17, 15) is 9.59 Å². The lowest BCUT2D eigenvalue weighted by molar-refractivity contribution is -0.121. The summed E-state index contributed by atoms with van der Waals surface area (Å²) in [4.78, 5) is 23.9. The van der Waals surface area contributed by atoms with Crippen molar-refractivity contribution < 1.29 is 18.8 Å². The molecule has 0 saturated heterocycles. The maximum absolute atomic E-state index is 12.0. The molecule has 1 heterocycles. The van der Waals surface area contributed by atoms with E-state index >= 15 is 0 Å². The quantitative estimate of drug-likeness (QED) is 0.719. The van der Waals surface area contributed by atoms with Gasteiger partial charge in [0, 0.05) is 18.5 Å². The summed E-state index contributed by atoms with van der Waals surface area (Å²) in [5.41, 5.74) is 1.24. The highest BCUT2D eigenvalue weighted by molar-refractivity contribution is 6.00. The van der Waals surface area contributed by atoms with Crippen molar-refractivity contribution >= 4 is 34.3 Å². The summed E-state index contributed by atoms with van der Waals surface area (Å²) in [5.74, 6) is 0.516. The van der Waals surface area contributed by atoms with Gasteiger partial charge in [0.2, 0.25) is 11.8 Å². The second kappa shape index (κ2) is 7.48. The van der Waals surface area contributed by atoms with Crippen molar-refractivity contribution in [3.63, 3.8) is 0 Å². The number of fused-ring (bicyclic) bond motifs is 1. The number of nitrogens with one attached hydrogen (secondary N) is 2. The summed E-state index contributed by atoms with van der Waals surface area (Å²) < 4.78 is 10.2. The number of para-hydroxylation sites is 1. The van der Waals surface area contributed by atoms with Crippen LogP contribution in [-0.2, 0) is 9.59 Å². The SMILES string of the molecule is COc1ccc(NC(=O)CCC(=O)Nc2noc3ccccc23)cc1. The highest BCUT2D eigenvalue weighted by Crippen LogP contribution is 2.22. The van der Waals surface area contributed by atoms with Crippen LogP contribution in [0.5, 0.6) is 5.75 Å². The van der Waals surface area contributed by atoms with Gasteiger partial charge in [0.15, 0.2) is 11.4 Å². The summed E-state index contributed by atoms with van der Waals surface area (Å²) in [6, 6.07) is 14.2. The number of carbonyl (C=O) groups is 2. The Labute approximate surface area is 143 Å². The van der Waals surface area contributed by atoms with Crippen LogP contribution in [0.3, 0.4) is 0 Å². The maximum Gasteiger partial charge on any atom is 0.226 e. The van der Waals surface area contributed by atoms with Gasteiger partial charge in [-0.05, 0) is 36.4 Å². The molecular weight excluding hydrogens is 322 g/mol. The largest absolute Gasteiger partial charge is 0.497 e. The minimum Gasteiger partial charge on any atom is -0.497 e. The summed E-state index contributed by atoms with van der Waals surface area (Å²) in [7, 11) is 1.57. The van der Waals surface area contributed by atoms with Crippen LogP contribution < -0.4 is 15.4 Å². The predicted octanol–water partition coefficient (Wildman–Crippen LogP) is 3.19. The molecule has 128 valence electrons. The second-order valence-corrected chi connectivity index (χ2v) is 5.35. The molecule has 3 aromatic rings. The third kappa shape index (κ3) is 4.14. The smallest absolute Gasteiger partial charge is 0.226 e. The highest BCUT2D eigenvalue weighted by atomic mass is 16.5. The number of carbonyl (C=O) groups excluding carboxylic acids is 2. The number of ether oxygens (including phenoxy) is 1. The van der Waals surface area contributed by atoms with Crippen molar-refractivity contribution in [2.45, 2.75) is 12.8 Å². The first kappa shape index (κ1) is 16.5. The third-order valence-corrected chi connectivity index (χ3v) is 3.59. The number of hydrogen-bond acceptors (Lipinski definition) is 5. The maximum atomic E-state index is 12.0. The average molecular weight is 339 g/mol. The minimum atomic E-state index is -0.302. The summed E-state index contributed by atoms with van der Waals surface area (Å²) in [6.07, 6.45) is 0.108. The Morgan fingerprint density at radius 1 is 1.00 bits per heavy atom. The molecule has 0 aliphatic carbocycles. The molecule has 0 spiro atoms. The van der Waals surface area contributed by atoms with Crippen LogP contribution in [0.4, 0.5) is 11.5 Å². The number of anilines is 2. The van der Waals surface area contributed by atoms with Gasteiger partial charge in [-0.15, -0.1) is 0 Å². The van der Waals surface area contributed by atoms with E-state index in [4.69, 9.17) is 9.26 Å². The van der Waals surface area contributed by atoms with E-state index in [0.29, 0.717) is 22.8 Å². The van der Waals surface area contributed by atoms with Crippen molar-refractivity contribution in [3.8, 4) is 5.75 Å². The van der Waals surface area contributed by atoms with Crippen molar-refractivity contribution in [2.75, 3.05) is 17.7 Å². The molecule has 2 amide bonds. The Bertz CT molecular complexity index is 887. The van der Waals surface area contributed by atoms with Gasteiger partial charge in [0.1, 0.15) is 5.75 Å². The Balaban J connectivity index is 1.50. The molecule has 0 aliphatic rings. The number of aromatic nitrogens is 1. The number of benzene rings is 2. The topological polar surface area (TPSA) is 93.5 Å². The summed E-state index contributed by atoms with van der Waals surface area (Å²) >= 11 is 0. The number of methoxy groups -OCH3 is 1. The fraction of sp³-hybridized carbons (Fsp3) is 0.167. The monoisotopic (exact) mass is 339 g/mol. The van der Waals surface area contributed by atoms with Gasteiger partial charge in [0.25, 0.3) is 0 Å². The third-order valence-electron chi connectivity index (χ3n) is 3.59. The van der Waals surface area contributed by atoms with E-state index in [1.807, 2.05) is 12.1 Å². The Hall–Kier alpha value is -3.35. The highest BCUT2D eigenvalue weighted by Gasteiger charge is 2.12. The fourth-order valence-corrected chi connectivity index (χ4v) is 2.30. The van der Waals surface area contributed by atoms with Gasteiger partial charge < -0.3 is 19.9 Å². The first-order valence-corrected chi connectivity index (χ1v) is 7.74. The van der Waals surface area contributed by atoms with Gasteiger partial charge >= 0.3 is 0 Å². The molecule has 0 radical (unpaired) electrons. The molecule has 25 heavy (non-hydrogen) atoms. The van der Waals surface area contributed by atoms with E-state index < -0.39 is 0 Å². The fourth-order valence-electron chi connectivity index (χ4n) is 2.30. The van der Waals surface area contributed by atoms with Crippen LogP contribution in [0.25, 0.3) is 11.0 Å². The standard InChI is InChI=1S/C18H17N3O4/c1-24-13-8-6-12(7-9-13)19-16(22)10-11-17(23)20-18-14-4-2-3-5-15(14)25-21-18/h2-9H,10-11H2,1H3,(H,19,22)(H,20,21,23). The minimum absolute atomic E-state index is 0.0448. The first-order valence-electron chi connectivity index (χ1n) is 7.74. The normalized spacial score (nSPS) is 10.4. The lowest BCUT2D eigenvalue weighted by Gasteiger charge is -2.06. The molecular formula is C18H17N3O4. The van der Waals surface area contributed by atoms with E-state index in [2.05, 4.69) is 15.8 Å². The molecule has 7 nitrogen and oxygen atoms in total. The summed E-state index contributed by atoms with van der Waals surface area (Å²) in [5, 5.41) is 9.94. The number of rotatable bonds is 6. The molecule has 0 aliphatic heterocycles. The van der Waals surface area contributed by atoms with Crippen LogP contribution in [0.2, 0.25) is 0 Å². The van der Waals surface area contributed by atoms with Gasteiger partial charge in [0.05, 0.1) is 12.5 Å². The second-order valence-electron chi connectivity index (χ2n) is 5.35. The molecule has 2 N–H and O–H groups in total. The van der Waals surface area contributed by atoms with E-state index in [-0.39, 0.29) is 24.7 Å². The molecule has 1 aromatic heterocycles. The van der Waals surface area contributed by atoms with Crippen LogP contribution in [-0.4, -0.2) is 24.1 Å². The van der Waals surface area contributed by atoms with Crippen LogP contribution in [0.1, 0.15) is 12.8 Å². The van der Waals surface area contributed by atoms with E-state index in [0.717, 1.165) is 5.39 Å². The van der Waals surface area contributed by atoms with Crippen LogP contribution in [0.15, 0.2) is 53.1 Å². The Morgan fingerprint density at radius 2 is 1.68 bits per heavy atom. The molecule has 2 aromatic carbocycles. The number of amides is 2. The average Bonchev–Trinajstić information content (AvgIpc) is 3.04. The van der Waals surface area contributed by atoms with E-state index in [1.165, 1.54) is 0 Å². The molecule has 0 saturated carbocycles.